The molecule has 108 valence electrons. The summed E-state index contributed by atoms with van der Waals surface area (Å²) >= 11 is 0. The molecular formula is C16H26FNO. The zero-order valence-electron chi connectivity index (χ0n) is 12.3. The zero-order chi connectivity index (χ0) is 14.1. The molecule has 3 heteroatoms. The van der Waals surface area contributed by atoms with Gasteiger partial charge >= 0.3 is 0 Å². The maximum absolute atomic E-state index is 13.6. The molecule has 0 amide bonds. The minimum absolute atomic E-state index is 0.0170. The van der Waals surface area contributed by atoms with E-state index in [9.17, 15) is 4.39 Å². The first kappa shape index (κ1) is 16.0. The van der Waals surface area contributed by atoms with Gasteiger partial charge in [-0.05, 0) is 37.9 Å². The number of para-hydroxylation sites is 1. The third-order valence-electron chi connectivity index (χ3n) is 3.22. The summed E-state index contributed by atoms with van der Waals surface area (Å²) in [6.45, 7) is 7.37. The van der Waals surface area contributed by atoms with E-state index in [1.807, 2.05) is 0 Å². The lowest BCUT2D eigenvalue weighted by Crippen LogP contribution is -2.43. The lowest BCUT2D eigenvalue weighted by atomic mass is 10.0. The summed E-state index contributed by atoms with van der Waals surface area (Å²) in [5.41, 5.74) is 0. The van der Waals surface area contributed by atoms with Crippen molar-refractivity contribution < 1.29 is 9.13 Å². The molecule has 0 fully saturated rings. The van der Waals surface area contributed by atoms with Gasteiger partial charge in [0.2, 0.25) is 0 Å². The maximum atomic E-state index is 13.6. The molecule has 0 spiro atoms. The Kier molecular flexibility index (Phi) is 7.49. The van der Waals surface area contributed by atoms with Gasteiger partial charge in [0.15, 0.2) is 11.6 Å². The lowest BCUT2D eigenvalue weighted by molar-refractivity contribution is 0.137. The molecule has 0 radical (unpaired) electrons. The normalized spacial score (nSPS) is 14.1. The van der Waals surface area contributed by atoms with E-state index in [-0.39, 0.29) is 18.0 Å². The molecule has 2 nitrogen and oxygen atoms in total. The van der Waals surface area contributed by atoms with Crippen molar-refractivity contribution >= 4 is 0 Å². The number of hydrogen-bond acceptors (Lipinski definition) is 2. The summed E-state index contributed by atoms with van der Waals surface area (Å²) in [7, 11) is 0. The molecule has 2 atom stereocenters. The monoisotopic (exact) mass is 267 g/mol. The summed E-state index contributed by atoms with van der Waals surface area (Å²) < 4.78 is 19.5. The quantitative estimate of drug-likeness (QED) is 0.725. The van der Waals surface area contributed by atoms with Crippen LogP contribution in [-0.4, -0.2) is 18.7 Å². The third kappa shape index (κ3) is 5.19. The van der Waals surface area contributed by atoms with Crippen LogP contribution in [0.25, 0.3) is 0 Å². The lowest BCUT2D eigenvalue weighted by Gasteiger charge is -2.28. The highest BCUT2D eigenvalue weighted by atomic mass is 19.1. The highest BCUT2D eigenvalue weighted by Crippen LogP contribution is 2.20. The minimum Gasteiger partial charge on any atom is -0.486 e. The van der Waals surface area contributed by atoms with Gasteiger partial charge in [0, 0.05) is 6.04 Å². The molecule has 0 aliphatic rings. The van der Waals surface area contributed by atoms with Crippen LogP contribution >= 0.6 is 0 Å². The molecule has 1 N–H and O–H groups in total. The number of ether oxygens (including phenoxy) is 1. The van der Waals surface area contributed by atoms with E-state index >= 15 is 0 Å². The Morgan fingerprint density at radius 1 is 1.16 bits per heavy atom. The Morgan fingerprint density at radius 2 is 1.89 bits per heavy atom. The summed E-state index contributed by atoms with van der Waals surface area (Å²) in [4.78, 5) is 0. The molecule has 0 aromatic heterocycles. The zero-order valence-corrected chi connectivity index (χ0v) is 12.3. The first-order valence-electron chi connectivity index (χ1n) is 7.37. The molecule has 1 aromatic rings. The smallest absolute Gasteiger partial charge is 0.165 e. The van der Waals surface area contributed by atoms with Crippen LogP contribution in [0.4, 0.5) is 4.39 Å². The number of benzene rings is 1. The molecule has 1 aromatic carbocycles. The highest BCUT2D eigenvalue weighted by Gasteiger charge is 2.21. The van der Waals surface area contributed by atoms with Crippen molar-refractivity contribution in [2.24, 2.45) is 0 Å². The van der Waals surface area contributed by atoms with Crippen LogP contribution in [0.3, 0.4) is 0 Å². The van der Waals surface area contributed by atoms with E-state index in [4.69, 9.17) is 4.74 Å². The van der Waals surface area contributed by atoms with Crippen LogP contribution in [0.15, 0.2) is 24.3 Å². The minimum atomic E-state index is -0.285. The Hall–Kier alpha value is -1.09. The first-order valence-corrected chi connectivity index (χ1v) is 7.37. The average molecular weight is 267 g/mol. The Labute approximate surface area is 116 Å². The summed E-state index contributed by atoms with van der Waals surface area (Å²) in [6, 6.07) is 6.91. The van der Waals surface area contributed by atoms with E-state index < -0.39 is 0 Å². The van der Waals surface area contributed by atoms with Crippen molar-refractivity contribution in [3.05, 3.63) is 30.1 Å². The molecule has 19 heavy (non-hydrogen) atoms. The fraction of sp³-hybridized carbons (Fsp3) is 0.625. The van der Waals surface area contributed by atoms with Crippen molar-refractivity contribution in [2.45, 2.75) is 58.6 Å². The van der Waals surface area contributed by atoms with Gasteiger partial charge in [0.1, 0.15) is 6.10 Å². The van der Waals surface area contributed by atoms with Gasteiger partial charge in [-0.15, -0.1) is 0 Å². The highest BCUT2D eigenvalue weighted by molar-refractivity contribution is 5.24. The van der Waals surface area contributed by atoms with Crippen molar-refractivity contribution in [2.75, 3.05) is 6.54 Å². The second-order valence-corrected chi connectivity index (χ2v) is 4.84. The van der Waals surface area contributed by atoms with Gasteiger partial charge in [-0.2, -0.15) is 0 Å². The SMILES string of the molecule is CCCNC(CCC)C(CC)Oc1ccccc1F. The molecule has 0 saturated carbocycles. The van der Waals surface area contributed by atoms with E-state index in [1.54, 1.807) is 18.2 Å². The van der Waals surface area contributed by atoms with E-state index in [0.717, 1.165) is 32.2 Å². The van der Waals surface area contributed by atoms with Crippen molar-refractivity contribution in [1.82, 2.24) is 5.32 Å². The molecule has 2 unspecified atom stereocenters. The fourth-order valence-electron chi connectivity index (χ4n) is 2.21. The molecule has 0 aliphatic heterocycles. The van der Waals surface area contributed by atoms with E-state index in [1.165, 1.54) is 6.07 Å². The average Bonchev–Trinajstić information content (AvgIpc) is 2.43. The molecule has 0 saturated heterocycles. The van der Waals surface area contributed by atoms with Gasteiger partial charge < -0.3 is 10.1 Å². The van der Waals surface area contributed by atoms with Crippen LogP contribution in [0.1, 0.15) is 46.5 Å². The predicted molar refractivity (Wildman–Crippen MR) is 78.1 cm³/mol. The van der Waals surface area contributed by atoms with Crippen LogP contribution in [0.2, 0.25) is 0 Å². The number of rotatable bonds is 9. The van der Waals surface area contributed by atoms with Gasteiger partial charge in [-0.25, -0.2) is 4.39 Å². The standard InChI is InChI=1S/C16H26FNO/c1-4-9-14(18-12-5-2)15(6-3)19-16-11-8-7-10-13(16)17/h7-8,10-11,14-15,18H,4-6,9,12H2,1-3H3. The Balaban J connectivity index is 2.70. The predicted octanol–water partition coefficient (Wildman–Crippen LogP) is 4.15. The van der Waals surface area contributed by atoms with Crippen molar-refractivity contribution in [3.63, 3.8) is 0 Å². The first-order chi connectivity index (χ1) is 9.22. The van der Waals surface area contributed by atoms with Crippen LogP contribution < -0.4 is 10.1 Å². The fourth-order valence-corrected chi connectivity index (χ4v) is 2.21. The summed E-state index contributed by atoms with van der Waals surface area (Å²) in [5, 5.41) is 3.51. The van der Waals surface area contributed by atoms with Crippen LogP contribution in [0, 0.1) is 5.82 Å². The third-order valence-corrected chi connectivity index (χ3v) is 3.22. The summed E-state index contributed by atoms with van der Waals surface area (Å²) in [6.07, 6.45) is 4.13. The Bertz CT molecular complexity index is 356. The van der Waals surface area contributed by atoms with Crippen LogP contribution in [-0.2, 0) is 0 Å². The van der Waals surface area contributed by atoms with Crippen molar-refractivity contribution in [3.8, 4) is 5.75 Å². The topological polar surface area (TPSA) is 21.3 Å². The van der Waals surface area contributed by atoms with Crippen LogP contribution in [0.5, 0.6) is 5.75 Å². The second-order valence-electron chi connectivity index (χ2n) is 4.84. The van der Waals surface area contributed by atoms with E-state index in [0.29, 0.717) is 5.75 Å². The van der Waals surface area contributed by atoms with Crippen molar-refractivity contribution in [1.29, 1.82) is 0 Å². The van der Waals surface area contributed by atoms with E-state index in [2.05, 4.69) is 26.1 Å². The van der Waals surface area contributed by atoms with Gasteiger partial charge in [0.25, 0.3) is 0 Å². The van der Waals surface area contributed by atoms with Gasteiger partial charge in [-0.3, -0.25) is 0 Å². The van der Waals surface area contributed by atoms with Gasteiger partial charge in [0.05, 0.1) is 0 Å². The second kappa shape index (κ2) is 8.92. The number of nitrogens with one attached hydrogen (secondary N) is 1. The summed E-state index contributed by atoms with van der Waals surface area (Å²) in [5.74, 6) is 0.0699. The number of hydrogen-bond donors (Lipinski definition) is 1. The molecule has 1 rings (SSSR count). The molecule has 0 heterocycles. The number of halogens is 1. The van der Waals surface area contributed by atoms with Gasteiger partial charge in [-0.1, -0.05) is 39.3 Å². The molecular weight excluding hydrogens is 241 g/mol. The maximum Gasteiger partial charge on any atom is 0.165 e. The molecule has 0 aliphatic carbocycles. The largest absolute Gasteiger partial charge is 0.486 e. The Morgan fingerprint density at radius 3 is 2.47 bits per heavy atom. The molecule has 0 bridgehead atoms.